The molecule has 1 fully saturated rings. The molecule has 30 heavy (non-hydrogen) atoms. The number of nitrogens with one attached hydrogen (secondary N) is 1. The van der Waals surface area contributed by atoms with Crippen LogP contribution in [0.4, 0.5) is 17.2 Å². The first-order valence-corrected chi connectivity index (χ1v) is 11.1. The van der Waals surface area contributed by atoms with E-state index in [-0.39, 0.29) is 5.97 Å². The molecule has 2 aromatic rings. The number of hydrogen-bond acceptors (Lipinski definition) is 6. The van der Waals surface area contributed by atoms with Gasteiger partial charge in [0.05, 0.1) is 19.8 Å². The molecule has 1 aromatic heterocycles. The van der Waals surface area contributed by atoms with E-state index in [2.05, 4.69) is 36.2 Å². The van der Waals surface area contributed by atoms with Gasteiger partial charge in [-0.2, -0.15) is 0 Å². The fourth-order valence-electron chi connectivity index (χ4n) is 3.36. The van der Waals surface area contributed by atoms with Gasteiger partial charge in [0.1, 0.15) is 11.4 Å². The molecule has 1 saturated heterocycles. The molecule has 6 nitrogen and oxygen atoms in total. The molecule has 1 N–H and O–H groups in total. The molecule has 1 aliphatic rings. The minimum Gasteiger partial charge on any atom is -0.462 e. The Kier molecular flexibility index (Phi) is 8.51. The number of benzene rings is 1. The van der Waals surface area contributed by atoms with E-state index in [0.29, 0.717) is 18.0 Å². The second kappa shape index (κ2) is 11.6. The summed E-state index contributed by atoms with van der Waals surface area (Å²) in [5.41, 5.74) is 3.53. The fraction of sp³-hybridized carbons (Fsp3) is 0.500. The van der Waals surface area contributed by atoms with E-state index < -0.39 is 0 Å². The summed E-state index contributed by atoms with van der Waals surface area (Å²) in [6.07, 6.45) is 4.92. The molecule has 1 aliphatic heterocycles. The normalized spacial score (nSPS) is 13.9. The molecule has 162 valence electrons. The number of anilines is 3. The average Bonchev–Trinajstić information content (AvgIpc) is 2.79. The van der Waals surface area contributed by atoms with Crippen LogP contribution >= 0.6 is 0 Å². The van der Waals surface area contributed by atoms with Gasteiger partial charge in [-0.15, -0.1) is 0 Å². The Balaban J connectivity index is 1.76. The number of nitrogens with zero attached hydrogens (tertiary/aromatic N) is 2. The van der Waals surface area contributed by atoms with Crippen LogP contribution in [0.3, 0.4) is 0 Å². The topological polar surface area (TPSA) is 63.7 Å². The molecule has 0 spiro atoms. The van der Waals surface area contributed by atoms with Gasteiger partial charge in [0, 0.05) is 30.2 Å². The Labute approximate surface area is 179 Å². The number of morpholine rings is 1. The minimum absolute atomic E-state index is 0.328. The van der Waals surface area contributed by atoms with E-state index in [9.17, 15) is 4.79 Å². The van der Waals surface area contributed by atoms with Crippen molar-refractivity contribution in [2.45, 2.75) is 46.0 Å². The fourth-order valence-corrected chi connectivity index (χ4v) is 3.36. The molecule has 3 rings (SSSR count). The summed E-state index contributed by atoms with van der Waals surface area (Å²) in [6, 6.07) is 12.0. The monoisotopic (exact) mass is 411 g/mol. The van der Waals surface area contributed by atoms with Crippen molar-refractivity contribution in [3.05, 3.63) is 47.7 Å². The zero-order valence-corrected chi connectivity index (χ0v) is 18.2. The first kappa shape index (κ1) is 22.1. The van der Waals surface area contributed by atoms with Crippen LogP contribution in [0.15, 0.2) is 36.4 Å². The van der Waals surface area contributed by atoms with Crippen molar-refractivity contribution in [3.8, 4) is 0 Å². The van der Waals surface area contributed by atoms with Gasteiger partial charge in [-0.25, -0.2) is 9.78 Å². The summed E-state index contributed by atoms with van der Waals surface area (Å²) in [5.74, 6) is 0.231. The molecule has 0 radical (unpaired) electrons. The van der Waals surface area contributed by atoms with Crippen LogP contribution in [-0.2, 0) is 15.9 Å². The SMILES string of the molecule is CCCCOC(=O)c1ccc(CCCC)nc1Nc1ccc(N2CCOCC2)cc1. The molecular formula is C24H33N3O3. The van der Waals surface area contributed by atoms with Crippen LogP contribution in [0.1, 0.15) is 55.6 Å². The summed E-state index contributed by atoms with van der Waals surface area (Å²) >= 11 is 0. The summed E-state index contributed by atoms with van der Waals surface area (Å²) < 4.78 is 10.9. The second-order valence-electron chi connectivity index (χ2n) is 7.56. The van der Waals surface area contributed by atoms with Crippen molar-refractivity contribution in [3.63, 3.8) is 0 Å². The van der Waals surface area contributed by atoms with Crippen molar-refractivity contribution in [1.29, 1.82) is 0 Å². The molecule has 0 unspecified atom stereocenters. The van der Waals surface area contributed by atoms with Gasteiger partial charge in [0.25, 0.3) is 0 Å². The second-order valence-corrected chi connectivity index (χ2v) is 7.56. The van der Waals surface area contributed by atoms with Crippen LogP contribution in [0, 0.1) is 0 Å². The molecule has 0 aliphatic carbocycles. The van der Waals surface area contributed by atoms with Crippen molar-refractivity contribution in [2.24, 2.45) is 0 Å². The number of hydrogen-bond donors (Lipinski definition) is 1. The maximum absolute atomic E-state index is 12.6. The highest BCUT2D eigenvalue weighted by molar-refractivity contribution is 5.95. The lowest BCUT2D eigenvalue weighted by Gasteiger charge is -2.29. The van der Waals surface area contributed by atoms with E-state index >= 15 is 0 Å². The van der Waals surface area contributed by atoms with Crippen LogP contribution in [0.2, 0.25) is 0 Å². The van der Waals surface area contributed by atoms with E-state index in [1.165, 1.54) is 5.69 Å². The number of pyridine rings is 1. The van der Waals surface area contributed by atoms with Gasteiger partial charge in [0.2, 0.25) is 0 Å². The van der Waals surface area contributed by atoms with E-state index in [1.807, 2.05) is 24.3 Å². The number of esters is 1. The maximum atomic E-state index is 12.6. The number of aryl methyl sites for hydroxylation is 1. The van der Waals surface area contributed by atoms with Gasteiger partial charge >= 0.3 is 5.97 Å². The number of rotatable bonds is 10. The predicted octanol–water partition coefficient (Wildman–Crippen LogP) is 4.96. The molecule has 6 heteroatoms. The molecule has 0 bridgehead atoms. The molecule has 1 aromatic carbocycles. The lowest BCUT2D eigenvalue weighted by molar-refractivity contribution is 0.0500. The van der Waals surface area contributed by atoms with Gasteiger partial charge in [0.15, 0.2) is 0 Å². The Hall–Kier alpha value is -2.60. The largest absolute Gasteiger partial charge is 0.462 e. The third kappa shape index (κ3) is 6.20. The summed E-state index contributed by atoms with van der Waals surface area (Å²) in [7, 11) is 0. The zero-order valence-electron chi connectivity index (χ0n) is 18.2. The van der Waals surface area contributed by atoms with Gasteiger partial charge < -0.3 is 19.7 Å². The van der Waals surface area contributed by atoms with Gasteiger partial charge in [-0.05, 0) is 55.7 Å². The molecule has 0 amide bonds. The summed E-state index contributed by atoms with van der Waals surface area (Å²) in [6.45, 7) is 8.00. The van der Waals surface area contributed by atoms with Crippen molar-refractivity contribution < 1.29 is 14.3 Å². The van der Waals surface area contributed by atoms with Crippen LogP contribution < -0.4 is 10.2 Å². The lowest BCUT2D eigenvalue weighted by Crippen LogP contribution is -2.36. The predicted molar refractivity (Wildman–Crippen MR) is 121 cm³/mol. The number of ether oxygens (including phenoxy) is 2. The summed E-state index contributed by atoms with van der Waals surface area (Å²) in [4.78, 5) is 19.6. The highest BCUT2D eigenvalue weighted by Gasteiger charge is 2.16. The Morgan fingerprint density at radius 3 is 2.50 bits per heavy atom. The number of unbranched alkanes of at least 4 members (excludes halogenated alkanes) is 2. The van der Waals surface area contributed by atoms with Crippen molar-refractivity contribution >= 4 is 23.2 Å². The van der Waals surface area contributed by atoms with E-state index in [1.54, 1.807) is 0 Å². The standard InChI is InChI=1S/C24H33N3O3/c1-3-5-7-19-10-13-22(24(28)30-16-6-4-2)23(25-19)26-20-8-11-21(12-9-20)27-14-17-29-18-15-27/h8-13H,3-7,14-18H2,1-2H3,(H,25,26). The van der Waals surface area contributed by atoms with E-state index in [4.69, 9.17) is 14.5 Å². The minimum atomic E-state index is -0.328. The zero-order chi connectivity index (χ0) is 21.2. The van der Waals surface area contributed by atoms with Gasteiger partial charge in [-0.3, -0.25) is 0 Å². The first-order chi connectivity index (χ1) is 14.7. The average molecular weight is 412 g/mol. The van der Waals surface area contributed by atoms with Crippen molar-refractivity contribution in [2.75, 3.05) is 43.1 Å². The smallest absolute Gasteiger partial charge is 0.341 e. The molecule has 0 saturated carbocycles. The number of carbonyl (C=O) groups excluding carboxylic acids is 1. The third-order valence-electron chi connectivity index (χ3n) is 5.20. The number of aromatic nitrogens is 1. The third-order valence-corrected chi connectivity index (χ3v) is 5.20. The van der Waals surface area contributed by atoms with Crippen LogP contribution in [0.5, 0.6) is 0 Å². The maximum Gasteiger partial charge on any atom is 0.341 e. The first-order valence-electron chi connectivity index (χ1n) is 11.1. The number of carbonyl (C=O) groups is 1. The highest BCUT2D eigenvalue weighted by Crippen LogP contribution is 2.24. The molecular weight excluding hydrogens is 378 g/mol. The molecule has 2 heterocycles. The van der Waals surface area contributed by atoms with Gasteiger partial charge in [-0.1, -0.05) is 26.7 Å². The molecule has 0 atom stereocenters. The van der Waals surface area contributed by atoms with E-state index in [0.717, 1.165) is 69.8 Å². The lowest BCUT2D eigenvalue weighted by atomic mass is 10.1. The van der Waals surface area contributed by atoms with Crippen LogP contribution in [0.25, 0.3) is 0 Å². The Morgan fingerprint density at radius 1 is 1.07 bits per heavy atom. The van der Waals surface area contributed by atoms with Crippen molar-refractivity contribution in [1.82, 2.24) is 4.98 Å². The Bertz CT molecular complexity index is 802. The Morgan fingerprint density at radius 2 is 1.80 bits per heavy atom. The quantitative estimate of drug-likeness (QED) is 0.440. The summed E-state index contributed by atoms with van der Waals surface area (Å²) in [5, 5.41) is 3.34. The highest BCUT2D eigenvalue weighted by atomic mass is 16.5. The van der Waals surface area contributed by atoms with Crippen LogP contribution in [-0.4, -0.2) is 43.9 Å².